The Hall–Kier alpha value is -0.0900. The van der Waals surface area contributed by atoms with Crippen LogP contribution in [0, 0.1) is 5.41 Å². The van der Waals surface area contributed by atoms with Crippen molar-refractivity contribution in [1.82, 2.24) is 4.09 Å². The number of carbonyl (C=O) groups excluding carboxylic acids is 1. The van der Waals surface area contributed by atoms with Gasteiger partial charge in [-0.1, -0.05) is 4.09 Å². The Morgan fingerprint density at radius 3 is 2.08 bits per heavy atom. The summed E-state index contributed by atoms with van der Waals surface area (Å²) in [5.41, 5.74) is -0.457. The van der Waals surface area contributed by atoms with Crippen LogP contribution in [-0.4, -0.2) is 16.1 Å². The lowest BCUT2D eigenvalue weighted by atomic mass is 9.98. The van der Waals surface area contributed by atoms with Gasteiger partial charge in [0.1, 0.15) is 0 Å². The van der Waals surface area contributed by atoms with E-state index in [1.54, 1.807) is 0 Å². The predicted octanol–water partition coefficient (Wildman–Crippen LogP) is 2.51. The molecule has 0 rings (SSSR count). The van der Waals surface area contributed by atoms with Crippen LogP contribution in [0.1, 0.15) is 34.6 Å². The third-order valence-corrected chi connectivity index (χ3v) is 2.15. The third-order valence-electron chi connectivity index (χ3n) is 1.19. The fourth-order valence-corrected chi connectivity index (χ4v) is 0.453. The fraction of sp³-hybridized carbons (Fsp3) is 0.875. The fourth-order valence-electron chi connectivity index (χ4n) is 0.322. The predicted molar refractivity (Wildman–Crippen MR) is 51.4 cm³/mol. The van der Waals surface area contributed by atoms with E-state index in [9.17, 15) is 4.79 Å². The van der Waals surface area contributed by atoms with Gasteiger partial charge < -0.3 is 4.84 Å². The monoisotopic (exact) mass is 237 g/mol. The number of hydrogen-bond donors (Lipinski definition) is 0. The summed E-state index contributed by atoms with van der Waals surface area (Å²) < 4.78 is 1.38. The zero-order valence-corrected chi connectivity index (χ0v) is 9.81. The van der Waals surface area contributed by atoms with Crippen molar-refractivity contribution in [1.29, 1.82) is 0 Å². The number of carbonyl (C=O) groups is 1. The Bertz CT molecular complexity index is 163. The summed E-state index contributed by atoms with van der Waals surface area (Å²) in [6.07, 6.45) is 0. The maximum atomic E-state index is 11.3. The molecule has 0 N–H and O–H groups in total. The van der Waals surface area contributed by atoms with E-state index in [-0.39, 0.29) is 12.0 Å². The molecule has 0 aliphatic carbocycles. The summed E-state index contributed by atoms with van der Waals surface area (Å²) >= 11 is 3.13. The molecular weight excluding hydrogens is 222 g/mol. The summed E-state index contributed by atoms with van der Waals surface area (Å²) in [6, 6.07) is 0.135. The first kappa shape index (κ1) is 11.9. The molecule has 0 aliphatic rings. The van der Waals surface area contributed by atoms with Crippen LogP contribution in [-0.2, 0) is 9.63 Å². The molecule has 3 nitrogen and oxygen atoms in total. The highest BCUT2D eigenvalue weighted by Crippen LogP contribution is 2.18. The van der Waals surface area contributed by atoms with Crippen LogP contribution in [0.15, 0.2) is 0 Å². The Balaban J connectivity index is 4.02. The van der Waals surface area contributed by atoms with Crippen molar-refractivity contribution < 1.29 is 9.63 Å². The van der Waals surface area contributed by atoms with E-state index < -0.39 is 5.41 Å². The normalized spacial score (nSPS) is 12.3. The van der Waals surface area contributed by atoms with E-state index >= 15 is 0 Å². The topological polar surface area (TPSA) is 29.5 Å². The number of rotatable bonds is 2. The van der Waals surface area contributed by atoms with Crippen molar-refractivity contribution in [2.75, 3.05) is 0 Å². The smallest absolute Gasteiger partial charge is 0.331 e. The molecule has 12 heavy (non-hydrogen) atoms. The van der Waals surface area contributed by atoms with Crippen LogP contribution in [0.5, 0.6) is 0 Å². The van der Waals surface area contributed by atoms with Gasteiger partial charge in [-0.2, -0.15) is 0 Å². The average molecular weight is 238 g/mol. The van der Waals surface area contributed by atoms with Gasteiger partial charge in [-0.05, 0) is 34.6 Å². The van der Waals surface area contributed by atoms with Crippen molar-refractivity contribution in [3.8, 4) is 0 Å². The molecule has 72 valence electrons. The molecule has 0 amide bonds. The molecular formula is C8H16BrNO2. The average Bonchev–Trinajstić information content (AvgIpc) is 1.85. The van der Waals surface area contributed by atoms with Gasteiger partial charge in [0.05, 0.1) is 27.6 Å². The number of halogens is 1. The first-order chi connectivity index (χ1) is 5.25. The third kappa shape index (κ3) is 4.07. The lowest BCUT2D eigenvalue weighted by molar-refractivity contribution is -0.180. The summed E-state index contributed by atoms with van der Waals surface area (Å²) in [5, 5.41) is 0. The molecule has 0 radical (unpaired) electrons. The minimum Gasteiger partial charge on any atom is -0.356 e. The van der Waals surface area contributed by atoms with Crippen LogP contribution in [0.4, 0.5) is 0 Å². The number of hydroxylamine groups is 1. The highest BCUT2D eigenvalue weighted by Gasteiger charge is 2.26. The van der Waals surface area contributed by atoms with Crippen LogP contribution >= 0.6 is 16.1 Å². The van der Waals surface area contributed by atoms with Gasteiger partial charge in [-0.25, -0.2) is 4.79 Å². The minimum absolute atomic E-state index is 0.135. The second kappa shape index (κ2) is 4.23. The quantitative estimate of drug-likeness (QED) is 0.546. The molecule has 0 bridgehead atoms. The Morgan fingerprint density at radius 1 is 1.42 bits per heavy atom. The van der Waals surface area contributed by atoms with Gasteiger partial charge in [-0.15, -0.1) is 0 Å². The zero-order valence-electron chi connectivity index (χ0n) is 8.22. The lowest BCUT2D eigenvalue weighted by Crippen LogP contribution is -2.31. The van der Waals surface area contributed by atoms with Crippen molar-refractivity contribution >= 4 is 22.1 Å². The molecule has 0 spiro atoms. The van der Waals surface area contributed by atoms with Gasteiger partial charge in [0.15, 0.2) is 0 Å². The summed E-state index contributed by atoms with van der Waals surface area (Å²) in [5.74, 6) is -0.243. The first-order valence-corrected chi connectivity index (χ1v) is 4.63. The largest absolute Gasteiger partial charge is 0.356 e. The second-order valence-corrected chi connectivity index (χ2v) is 4.69. The van der Waals surface area contributed by atoms with E-state index in [1.807, 2.05) is 34.6 Å². The van der Waals surface area contributed by atoms with Crippen molar-refractivity contribution in [2.45, 2.75) is 40.7 Å². The molecule has 0 atom stereocenters. The molecule has 0 aromatic heterocycles. The Morgan fingerprint density at radius 2 is 1.83 bits per heavy atom. The Labute approximate surface area is 82.4 Å². The number of nitrogens with zero attached hydrogens (tertiary/aromatic N) is 1. The summed E-state index contributed by atoms with van der Waals surface area (Å²) in [6.45, 7) is 9.29. The van der Waals surface area contributed by atoms with E-state index in [0.29, 0.717) is 0 Å². The van der Waals surface area contributed by atoms with Gasteiger partial charge in [0, 0.05) is 0 Å². The van der Waals surface area contributed by atoms with Gasteiger partial charge >= 0.3 is 5.97 Å². The SMILES string of the molecule is CC(C)N(Br)OC(=O)C(C)(C)C. The molecule has 0 aromatic carbocycles. The van der Waals surface area contributed by atoms with Crippen LogP contribution in [0.2, 0.25) is 0 Å². The van der Waals surface area contributed by atoms with Crippen molar-refractivity contribution in [2.24, 2.45) is 5.41 Å². The van der Waals surface area contributed by atoms with E-state index in [4.69, 9.17) is 4.84 Å². The van der Waals surface area contributed by atoms with E-state index in [0.717, 1.165) is 0 Å². The van der Waals surface area contributed by atoms with Gasteiger partial charge in [-0.3, -0.25) is 0 Å². The van der Waals surface area contributed by atoms with Crippen LogP contribution < -0.4 is 0 Å². The van der Waals surface area contributed by atoms with Gasteiger partial charge in [0.2, 0.25) is 0 Å². The second-order valence-electron chi connectivity index (χ2n) is 3.99. The first-order valence-electron chi connectivity index (χ1n) is 3.92. The molecule has 0 saturated heterocycles. The molecule has 0 aliphatic heterocycles. The summed E-state index contributed by atoms with van der Waals surface area (Å²) in [7, 11) is 0. The summed E-state index contributed by atoms with van der Waals surface area (Å²) in [4.78, 5) is 16.3. The van der Waals surface area contributed by atoms with Crippen LogP contribution in [0.25, 0.3) is 0 Å². The minimum atomic E-state index is -0.457. The van der Waals surface area contributed by atoms with Gasteiger partial charge in [0.25, 0.3) is 0 Å². The molecule has 0 aromatic rings. The van der Waals surface area contributed by atoms with Crippen molar-refractivity contribution in [3.63, 3.8) is 0 Å². The lowest BCUT2D eigenvalue weighted by Gasteiger charge is -2.22. The zero-order chi connectivity index (χ0) is 9.94. The molecule has 0 heterocycles. The Kier molecular flexibility index (Phi) is 4.20. The van der Waals surface area contributed by atoms with E-state index in [2.05, 4.69) is 16.1 Å². The van der Waals surface area contributed by atoms with E-state index in [1.165, 1.54) is 4.09 Å². The number of hydrogen-bond acceptors (Lipinski definition) is 3. The maximum Gasteiger partial charge on any atom is 0.331 e. The molecule has 0 unspecified atom stereocenters. The molecule has 4 heteroatoms. The molecule has 0 saturated carbocycles. The van der Waals surface area contributed by atoms with Crippen LogP contribution in [0.3, 0.4) is 0 Å². The van der Waals surface area contributed by atoms with Crippen molar-refractivity contribution in [3.05, 3.63) is 0 Å². The highest BCUT2D eigenvalue weighted by atomic mass is 79.9. The highest BCUT2D eigenvalue weighted by molar-refractivity contribution is 9.07. The standard InChI is InChI=1S/C8H16BrNO2/c1-6(2)10(9)12-7(11)8(3,4)5/h6H,1-5H3. The maximum absolute atomic E-state index is 11.3. The molecule has 0 fully saturated rings.